The van der Waals surface area contributed by atoms with Gasteiger partial charge >= 0.3 is 0 Å². The molecular weight excluding hydrogens is 270 g/mol. The first kappa shape index (κ1) is 14.7. The minimum atomic E-state index is 0.156. The Bertz CT molecular complexity index is 551. The first-order chi connectivity index (χ1) is 9.56. The molecule has 106 valence electrons. The fourth-order valence-electron chi connectivity index (χ4n) is 2.01. The largest absolute Gasteiger partial charge is 0.489 e. The Balaban J connectivity index is 2.15. The van der Waals surface area contributed by atoms with E-state index in [-0.39, 0.29) is 12.1 Å². The van der Waals surface area contributed by atoms with Crippen molar-refractivity contribution in [2.45, 2.75) is 32.9 Å². The summed E-state index contributed by atoms with van der Waals surface area (Å²) in [6.07, 6.45) is 0.156. The molecule has 0 aliphatic rings. The molecule has 1 N–H and O–H groups in total. The minimum absolute atomic E-state index is 0.156. The maximum absolute atomic E-state index is 5.92. The highest BCUT2D eigenvalue weighted by molar-refractivity contribution is 6.30. The van der Waals surface area contributed by atoms with Gasteiger partial charge < -0.3 is 10.1 Å². The van der Waals surface area contributed by atoms with Crippen molar-refractivity contribution in [1.29, 1.82) is 0 Å². The molecule has 2 rings (SSSR count). The number of rotatable bonds is 5. The van der Waals surface area contributed by atoms with Crippen molar-refractivity contribution in [3.63, 3.8) is 0 Å². The Morgan fingerprint density at radius 2 is 1.60 bits per heavy atom. The summed E-state index contributed by atoms with van der Waals surface area (Å²) in [6.45, 7) is 6.17. The molecule has 0 aliphatic carbocycles. The minimum Gasteiger partial charge on any atom is -0.489 e. The van der Waals surface area contributed by atoms with Crippen LogP contribution in [0.3, 0.4) is 0 Å². The molecule has 0 saturated carbocycles. The molecular formula is C17H20ClNO. The van der Waals surface area contributed by atoms with Crippen LogP contribution in [0.5, 0.6) is 5.75 Å². The lowest BCUT2D eigenvalue weighted by Gasteiger charge is -2.20. The topological polar surface area (TPSA) is 21.3 Å². The van der Waals surface area contributed by atoms with Gasteiger partial charge in [0.2, 0.25) is 0 Å². The number of halogens is 1. The molecule has 2 aromatic rings. The van der Waals surface area contributed by atoms with Crippen LogP contribution >= 0.6 is 11.6 Å². The van der Waals surface area contributed by atoms with Gasteiger partial charge in [0.25, 0.3) is 0 Å². The van der Waals surface area contributed by atoms with E-state index >= 15 is 0 Å². The van der Waals surface area contributed by atoms with Crippen LogP contribution in [0.2, 0.25) is 5.02 Å². The Morgan fingerprint density at radius 3 is 2.25 bits per heavy atom. The Labute approximate surface area is 125 Å². The second kappa shape index (κ2) is 6.67. The lowest BCUT2D eigenvalue weighted by molar-refractivity contribution is 0.243. The zero-order valence-corrected chi connectivity index (χ0v) is 12.8. The lowest BCUT2D eigenvalue weighted by atomic mass is 10.1. The second-order valence-electron chi connectivity index (χ2n) is 5.08. The van der Waals surface area contributed by atoms with E-state index in [1.165, 1.54) is 5.56 Å². The number of benzene rings is 2. The Morgan fingerprint density at radius 1 is 0.950 bits per heavy atom. The van der Waals surface area contributed by atoms with Crippen molar-refractivity contribution >= 4 is 17.3 Å². The van der Waals surface area contributed by atoms with Gasteiger partial charge in [-0.25, -0.2) is 0 Å². The van der Waals surface area contributed by atoms with Crippen molar-refractivity contribution in [2.24, 2.45) is 0 Å². The fourth-order valence-corrected chi connectivity index (χ4v) is 2.14. The molecule has 0 aliphatic heterocycles. The van der Waals surface area contributed by atoms with Crippen LogP contribution in [-0.2, 0) is 0 Å². The van der Waals surface area contributed by atoms with Crippen molar-refractivity contribution < 1.29 is 4.74 Å². The highest BCUT2D eigenvalue weighted by Crippen LogP contribution is 2.29. The zero-order chi connectivity index (χ0) is 14.5. The van der Waals surface area contributed by atoms with Gasteiger partial charge in [0.1, 0.15) is 5.75 Å². The van der Waals surface area contributed by atoms with Crippen LogP contribution in [0.25, 0.3) is 0 Å². The van der Waals surface area contributed by atoms with E-state index in [1.54, 1.807) is 0 Å². The van der Waals surface area contributed by atoms with Gasteiger partial charge in [-0.05, 0) is 50.6 Å². The zero-order valence-electron chi connectivity index (χ0n) is 12.1. The van der Waals surface area contributed by atoms with Crippen molar-refractivity contribution in [2.75, 3.05) is 5.32 Å². The summed E-state index contributed by atoms with van der Waals surface area (Å²) in [7, 11) is 0. The quantitative estimate of drug-likeness (QED) is 0.806. The number of anilines is 1. The molecule has 0 radical (unpaired) electrons. The molecule has 0 fully saturated rings. The molecule has 0 amide bonds. The van der Waals surface area contributed by atoms with Crippen molar-refractivity contribution in [3.8, 4) is 5.75 Å². The Hall–Kier alpha value is -1.67. The number of ether oxygens (including phenoxy) is 1. The molecule has 3 heteroatoms. The van der Waals surface area contributed by atoms with Crippen LogP contribution in [-0.4, -0.2) is 6.10 Å². The maximum Gasteiger partial charge on any atom is 0.142 e. The summed E-state index contributed by atoms with van der Waals surface area (Å²) >= 11 is 5.92. The number of para-hydroxylation sites is 2. The first-order valence-electron chi connectivity index (χ1n) is 6.84. The van der Waals surface area contributed by atoms with Crippen molar-refractivity contribution in [3.05, 3.63) is 59.1 Å². The van der Waals surface area contributed by atoms with E-state index in [0.29, 0.717) is 0 Å². The van der Waals surface area contributed by atoms with Gasteiger partial charge in [0, 0.05) is 11.1 Å². The molecule has 2 aromatic carbocycles. The molecule has 20 heavy (non-hydrogen) atoms. The van der Waals surface area contributed by atoms with Crippen LogP contribution in [0, 0.1) is 0 Å². The van der Waals surface area contributed by atoms with Gasteiger partial charge in [-0.3, -0.25) is 0 Å². The van der Waals surface area contributed by atoms with Gasteiger partial charge in [-0.2, -0.15) is 0 Å². The molecule has 1 unspecified atom stereocenters. The standard InChI is InChI=1S/C17H20ClNO/c1-12(2)20-17-7-5-4-6-16(17)19-13(3)14-8-10-15(18)11-9-14/h4-13,19H,1-3H3. The van der Waals surface area contributed by atoms with E-state index < -0.39 is 0 Å². The average molecular weight is 290 g/mol. The predicted molar refractivity (Wildman–Crippen MR) is 85.7 cm³/mol. The van der Waals surface area contributed by atoms with E-state index in [0.717, 1.165) is 16.5 Å². The summed E-state index contributed by atoms with van der Waals surface area (Å²) in [5, 5.41) is 4.24. The molecule has 0 spiro atoms. The van der Waals surface area contributed by atoms with E-state index in [4.69, 9.17) is 16.3 Å². The number of nitrogens with one attached hydrogen (secondary N) is 1. The molecule has 2 nitrogen and oxygen atoms in total. The van der Waals surface area contributed by atoms with E-state index in [9.17, 15) is 0 Å². The monoisotopic (exact) mass is 289 g/mol. The first-order valence-corrected chi connectivity index (χ1v) is 7.21. The third kappa shape index (κ3) is 3.91. The number of hydrogen-bond donors (Lipinski definition) is 1. The summed E-state index contributed by atoms with van der Waals surface area (Å²) in [5.74, 6) is 0.878. The highest BCUT2D eigenvalue weighted by atomic mass is 35.5. The van der Waals surface area contributed by atoms with E-state index in [1.807, 2.05) is 62.4 Å². The average Bonchev–Trinajstić information content (AvgIpc) is 2.41. The smallest absolute Gasteiger partial charge is 0.142 e. The van der Waals surface area contributed by atoms with Crippen LogP contribution < -0.4 is 10.1 Å². The summed E-state index contributed by atoms with van der Waals surface area (Å²) < 4.78 is 5.82. The van der Waals surface area contributed by atoms with Crippen molar-refractivity contribution in [1.82, 2.24) is 0 Å². The summed E-state index contributed by atoms with van der Waals surface area (Å²) in [6, 6.07) is 16.1. The highest BCUT2D eigenvalue weighted by Gasteiger charge is 2.09. The molecule has 0 heterocycles. The van der Waals surface area contributed by atoms with Gasteiger partial charge in [-0.15, -0.1) is 0 Å². The SMILES string of the molecule is CC(C)Oc1ccccc1NC(C)c1ccc(Cl)cc1. The van der Waals surface area contributed by atoms with Gasteiger partial charge in [0.05, 0.1) is 11.8 Å². The fraction of sp³-hybridized carbons (Fsp3) is 0.294. The normalized spacial score (nSPS) is 12.2. The molecule has 0 bridgehead atoms. The third-order valence-corrected chi connectivity index (χ3v) is 3.24. The maximum atomic E-state index is 5.92. The second-order valence-corrected chi connectivity index (χ2v) is 5.52. The lowest BCUT2D eigenvalue weighted by Crippen LogP contribution is -2.11. The van der Waals surface area contributed by atoms with E-state index in [2.05, 4.69) is 12.2 Å². The van der Waals surface area contributed by atoms with Crippen LogP contribution in [0.4, 0.5) is 5.69 Å². The molecule has 1 atom stereocenters. The Kier molecular flexibility index (Phi) is 4.91. The van der Waals surface area contributed by atoms with Gasteiger partial charge in [-0.1, -0.05) is 35.9 Å². The summed E-state index contributed by atoms with van der Waals surface area (Å²) in [4.78, 5) is 0. The number of hydrogen-bond acceptors (Lipinski definition) is 2. The van der Waals surface area contributed by atoms with Crippen LogP contribution in [0.15, 0.2) is 48.5 Å². The third-order valence-electron chi connectivity index (χ3n) is 2.99. The predicted octanol–water partition coefficient (Wildman–Crippen LogP) is 5.30. The van der Waals surface area contributed by atoms with Crippen LogP contribution in [0.1, 0.15) is 32.4 Å². The van der Waals surface area contributed by atoms with Gasteiger partial charge in [0.15, 0.2) is 0 Å². The molecule has 0 saturated heterocycles. The molecule has 0 aromatic heterocycles. The summed E-state index contributed by atoms with van der Waals surface area (Å²) in [5.41, 5.74) is 2.19.